The first kappa shape index (κ1) is 23.2. The van der Waals surface area contributed by atoms with Crippen molar-refractivity contribution >= 4 is 33.9 Å². The predicted octanol–water partition coefficient (Wildman–Crippen LogP) is 3.04. The lowest BCUT2D eigenvalue weighted by molar-refractivity contribution is 0.201. The molecule has 0 radical (unpaired) electrons. The van der Waals surface area contributed by atoms with Crippen LogP contribution in [0.25, 0.3) is 16.5 Å². The highest BCUT2D eigenvalue weighted by Gasteiger charge is 2.37. The molecule has 3 aromatic rings. The Morgan fingerprint density at radius 2 is 1.88 bits per heavy atom. The van der Waals surface area contributed by atoms with Gasteiger partial charge in [-0.2, -0.15) is 0 Å². The summed E-state index contributed by atoms with van der Waals surface area (Å²) in [5.41, 5.74) is 14.3. The van der Waals surface area contributed by atoms with Crippen molar-refractivity contribution in [2.24, 2.45) is 11.6 Å². The fourth-order valence-electron chi connectivity index (χ4n) is 3.90. The molecule has 0 spiro atoms. The minimum absolute atomic E-state index is 0.0460. The van der Waals surface area contributed by atoms with E-state index in [1.54, 1.807) is 13.2 Å². The molecule has 3 aromatic heterocycles. The van der Waals surface area contributed by atoms with Gasteiger partial charge in [-0.3, -0.25) is 0 Å². The van der Waals surface area contributed by atoms with Gasteiger partial charge in [0.1, 0.15) is 17.5 Å². The Morgan fingerprint density at radius 3 is 2.47 bits per heavy atom. The summed E-state index contributed by atoms with van der Waals surface area (Å²) in [5.74, 6) is 7.62. The Morgan fingerprint density at radius 1 is 1.16 bits per heavy atom. The van der Waals surface area contributed by atoms with Gasteiger partial charge in [0.15, 0.2) is 0 Å². The first-order chi connectivity index (χ1) is 15.5. The summed E-state index contributed by atoms with van der Waals surface area (Å²) in [4.78, 5) is 13.3. The van der Waals surface area contributed by atoms with Crippen LogP contribution in [-0.2, 0) is 5.54 Å². The van der Waals surface area contributed by atoms with E-state index >= 15 is 0 Å². The number of hydrazine groups is 1. The van der Waals surface area contributed by atoms with Gasteiger partial charge in [-0.15, -0.1) is 0 Å². The van der Waals surface area contributed by atoms with Crippen molar-refractivity contribution in [3.8, 4) is 0 Å². The summed E-state index contributed by atoms with van der Waals surface area (Å²) in [7, 11) is 3.70. The topological polar surface area (TPSA) is 144 Å². The molecule has 9 nitrogen and oxygen atoms in total. The molecule has 0 amide bonds. The molecule has 0 unspecified atom stereocenters. The van der Waals surface area contributed by atoms with Crippen LogP contribution in [0.4, 0.5) is 17.5 Å². The molecule has 9 heteroatoms. The maximum Gasteiger partial charge on any atom is 0.133 e. The molecular formula is C23H33N9. The van der Waals surface area contributed by atoms with Crippen LogP contribution < -0.4 is 27.9 Å². The average Bonchev–Trinajstić information content (AvgIpc) is 2.75. The third-order valence-corrected chi connectivity index (χ3v) is 5.80. The minimum atomic E-state index is 0.0460. The van der Waals surface area contributed by atoms with Crippen molar-refractivity contribution in [3.05, 3.63) is 54.1 Å². The van der Waals surface area contributed by atoms with Crippen molar-refractivity contribution in [1.29, 1.82) is 0 Å². The highest BCUT2D eigenvalue weighted by atomic mass is 15.4. The van der Waals surface area contributed by atoms with E-state index in [1.165, 1.54) is 23.2 Å². The smallest absolute Gasteiger partial charge is 0.133 e. The van der Waals surface area contributed by atoms with Crippen LogP contribution in [0.15, 0.2) is 42.9 Å². The largest absolute Gasteiger partial charge is 0.403 e. The van der Waals surface area contributed by atoms with E-state index in [0.29, 0.717) is 23.0 Å². The molecule has 1 fully saturated rings. The van der Waals surface area contributed by atoms with Crippen molar-refractivity contribution in [2.75, 3.05) is 25.1 Å². The molecule has 8 N–H and O–H groups in total. The zero-order valence-electron chi connectivity index (χ0n) is 19.2. The molecule has 1 saturated carbocycles. The number of pyridine rings is 3. The second-order valence-electron chi connectivity index (χ2n) is 7.59. The van der Waals surface area contributed by atoms with Crippen LogP contribution in [0.1, 0.15) is 44.4 Å². The third kappa shape index (κ3) is 4.44. The Kier molecular flexibility index (Phi) is 7.12. The predicted molar refractivity (Wildman–Crippen MR) is 132 cm³/mol. The van der Waals surface area contributed by atoms with E-state index in [9.17, 15) is 0 Å². The van der Waals surface area contributed by atoms with Crippen LogP contribution in [0, 0.1) is 0 Å². The van der Waals surface area contributed by atoms with Crippen molar-refractivity contribution < 1.29 is 0 Å². The lowest BCUT2D eigenvalue weighted by atomic mass is 9.72. The summed E-state index contributed by atoms with van der Waals surface area (Å²) in [6.07, 6.45) is 8.42. The summed E-state index contributed by atoms with van der Waals surface area (Å²) < 4.78 is 0. The average molecular weight is 436 g/mol. The minimum Gasteiger partial charge on any atom is -0.403 e. The Labute approximate surface area is 189 Å². The van der Waals surface area contributed by atoms with Crippen LogP contribution in [0.5, 0.6) is 0 Å². The summed E-state index contributed by atoms with van der Waals surface area (Å²) in [6.45, 7) is 4.00. The molecule has 1 aliphatic rings. The molecule has 0 aromatic carbocycles. The fourth-order valence-corrected chi connectivity index (χ4v) is 3.90. The molecule has 0 atom stereocenters. The van der Waals surface area contributed by atoms with E-state index in [1.807, 2.05) is 39.2 Å². The fraction of sp³-hybridized carbons (Fsp3) is 0.348. The molecule has 0 aliphatic heterocycles. The first-order valence-corrected chi connectivity index (χ1v) is 10.9. The number of nitrogens with one attached hydrogen (secondary N) is 2. The van der Waals surface area contributed by atoms with Crippen LogP contribution >= 0.6 is 0 Å². The van der Waals surface area contributed by atoms with Gasteiger partial charge >= 0.3 is 0 Å². The zero-order chi connectivity index (χ0) is 23.3. The molecule has 170 valence electrons. The lowest BCUT2D eigenvalue weighted by Gasteiger charge is -2.42. The number of nitrogens with zero attached hydrogens (tertiary/aromatic N) is 4. The zero-order valence-corrected chi connectivity index (χ0v) is 19.2. The van der Waals surface area contributed by atoms with E-state index in [0.717, 1.165) is 29.4 Å². The molecule has 1 aliphatic carbocycles. The number of aromatic nitrogens is 3. The van der Waals surface area contributed by atoms with E-state index < -0.39 is 0 Å². The number of anilines is 3. The summed E-state index contributed by atoms with van der Waals surface area (Å²) >= 11 is 0. The van der Waals surface area contributed by atoms with Gasteiger partial charge in [0, 0.05) is 36.6 Å². The Bertz CT molecular complexity index is 1100. The number of hydrogen-bond donors (Lipinski definition) is 5. The highest BCUT2D eigenvalue weighted by Crippen LogP contribution is 2.41. The number of nitrogens with two attached hydrogens (primary N) is 3. The monoisotopic (exact) mass is 435 g/mol. The maximum atomic E-state index is 6.14. The van der Waals surface area contributed by atoms with Gasteiger partial charge < -0.3 is 27.1 Å². The molecular weight excluding hydrogens is 402 g/mol. The molecule has 3 heterocycles. The van der Waals surface area contributed by atoms with Crippen LogP contribution in [0.3, 0.4) is 0 Å². The Balaban J connectivity index is 0.00000141. The second-order valence-corrected chi connectivity index (χ2v) is 7.59. The van der Waals surface area contributed by atoms with Gasteiger partial charge in [-0.25, -0.2) is 20.8 Å². The molecule has 0 saturated heterocycles. The number of hydrogen-bond acceptors (Lipinski definition) is 9. The van der Waals surface area contributed by atoms with Crippen LogP contribution in [0.2, 0.25) is 0 Å². The lowest BCUT2D eigenvalue weighted by Crippen LogP contribution is -2.46. The standard InChI is InChI=1S/C21H27N9.C2H6/c1-25-21(5-3-6-21)14-4-7-26-19(10-14)29-18-9-13-8-16(17(11-22)30(2)24)28-20(23)15(13)12-27-18;1-2/h4,7-12,25H,3,5-6,22,24H2,1-2H3,(H2,23,28)(H,26,27,29);1-2H3/b17-11-;. The summed E-state index contributed by atoms with van der Waals surface area (Å²) in [6, 6.07) is 7.94. The maximum absolute atomic E-state index is 6.14. The number of fused-ring (bicyclic) bond motifs is 1. The Hall–Kier alpha value is -3.43. The van der Waals surface area contributed by atoms with E-state index in [4.69, 9.17) is 17.3 Å². The van der Waals surface area contributed by atoms with Gasteiger partial charge in [-0.05, 0) is 61.5 Å². The molecule has 4 rings (SSSR count). The number of rotatable bonds is 6. The summed E-state index contributed by atoms with van der Waals surface area (Å²) in [5, 5.41) is 9.80. The molecule has 0 bridgehead atoms. The quantitative estimate of drug-likeness (QED) is 0.291. The van der Waals surface area contributed by atoms with Crippen molar-refractivity contribution in [1.82, 2.24) is 25.3 Å². The first-order valence-electron chi connectivity index (χ1n) is 10.9. The van der Waals surface area contributed by atoms with E-state index in [-0.39, 0.29) is 5.54 Å². The van der Waals surface area contributed by atoms with Gasteiger partial charge in [0.2, 0.25) is 0 Å². The van der Waals surface area contributed by atoms with Gasteiger partial charge in [0.05, 0.1) is 11.4 Å². The SMILES string of the molecule is CC.CNC1(c2ccnc(Nc3cc4cc(/C(=C/N)N(C)N)nc(N)c4cn3)c2)CCC1. The van der Waals surface area contributed by atoms with E-state index in [2.05, 4.69) is 37.7 Å². The number of nitrogen functional groups attached to an aromatic ring is 1. The normalized spacial score (nSPS) is 14.8. The van der Waals surface area contributed by atoms with Gasteiger partial charge in [-0.1, -0.05) is 13.8 Å². The molecule has 32 heavy (non-hydrogen) atoms. The van der Waals surface area contributed by atoms with Crippen LogP contribution in [-0.4, -0.2) is 34.1 Å². The second kappa shape index (κ2) is 9.80. The van der Waals surface area contributed by atoms with Crippen molar-refractivity contribution in [3.63, 3.8) is 0 Å². The third-order valence-electron chi connectivity index (χ3n) is 5.80. The highest BCUT2D eigenvalue weighted by molar-refractivity contribution is 5.93. The van der Waals surface area contributed by atoms with Gasteiger partial charge in [0.25, 0.3) is 0 Å². The van der Waals surface area contributed by atoms with Crippen molar-refractivity contribution in [2.45, 2.75) is 38.6 Å².